The summed E-state index contributed by atoms with van der Waals surface area (Å²) >= 11 is 0. The van der Waals surface area contributed by atoms with Crippen LogP contribution in [0.15, 0.2) is 23.1 Å². The van der Waals surface area contributed by atoms with Crippen LogP contribution in [0.25, 0.3) is 0 Å². The van der Waals surface area contributed by atoms with Crippen LogP contribution in [-0.2, 0) is 27.7 Å². The molecule has 27 heavy (non-hydrogen) atoms. The maximum atomic E-state index is 13.0. The van der Waals surface area contributed by atoms with Crippen molar-refractivity contribution in [2.75, 3.05) is 19.6 Å². The second-order valence-electron chi connectivity index (χ2n) is 8.39. The number of nitrogens with zero attached hydrogens (tertiary/aromatic N) is 1. The summed E-state index contributed by atoms with van der Waals surface area (Å²) in [5, 5.41) is 2.96. The second kappa shape index (κ2) is 7.89. The number of carbonyl (C=O) groups is 1. The Bertz CT molecular complexity index is 797. The fourth-order valence-corrected chi connectivity index (χ4v) is 5.39. The van der Waals surface area contributed by atoms with Gasteiger partial charge in [0.1, 0.15) is 0 Å². The highest BCUT2D eigenvalue weighted by molar-refractivity contribution is 7.89. The van der Waals surface area contributed by atoms with Gasteiger partial charge in [-0.1, -0.05) is 6.07 Å². The van der Waals surface area contributed by atoms with E-state index < -0.39 is 15.6 Å². The molecule has 0 bridgehead atoms. The molecule has 1 amide bonds. The lowest BCUT2D eigenvalue weighted by molar-refractivity contribution is -0.127. The summed E-state index contributed by atoms with van der Waals surface area (Å²) in [5.41, 5.74) is 7.68. The second-order valence-corrected chi connectivity index (χ2v) is 10.3. The first-order valence-corrected chi connectivity index (χ1v) is 11.3. The maximum Gasteiger partial charge on any atom is 0.243 e. The predicted octanol–water partition coefficient (Wildman–Crippen LogP) is 1.82. The van der Waals surface area contributed by atoms with Crippen LogP contribution in [0.5, 0.6) is 0 Å². The third-order valence-corrected chi connectivity index (χ3v) is 7.65. The molecule has 1 aliphatic carbocycles. The predicted molar refractivity (Wildman–Crippen MR) is 106 cm³/mol. The topological polar surface area (TPSA) is 92.5 Å². The molecular weight excluding hydrogens is 362 g/mol. The van der Waals surface area contributed by atoms with Gasteiger partial charge in [0.05, 0.1) is 4.90 Å². The zero-order chi connectivity index (χ0) is 19.7. The zero-order valence-electron chi connectivity index (χ0n) is 16.3. The van der Waals surface area contributed by atoms with Gasteiger partial charge in [-0.2, -0.15) is 4.31 Å². The van der Waals surface area contributed by atoms with Crippen LogP contribution < -0.4 is 11.1 Å². The highest BCUT2D eigenvalue weighted by Crippen LogP contribution is 2.28. The van der Waals surface area contributed by atoms with Crippen LogP contribution in [0, 0.1) is 5.92 Å². The summed E-state index contributed by atoms with van der Waals surface area (Å²) in [6.07, 6.45) is 5.37. The monoisotopic (exact) mass is 393 g/mol. The summed E-state index contributed by atoms with van der Waals surface area (Å²) in [6.45, 7) is 4.90. The molecule has 1 heterocycles. The van der Waals surface area contributed by atoms with Gasteiger partial charge in [0, 0.05) is 31.1 Å². The molecule has 0 atom stereocenters. The summed E-state index contributed by atoms with van der Waals surface area (Å²) in [4.78, 5) is 12.8. The maximum absolute atomic E-state index is 13.0. The van der Waals surface area contributed by atoms with E-state index in [1.165, 1.54) is 21.9 Å². The number of amides is 1. The molecule has 3 N–H and O–H groups in total. The molecule has 0 radical (unpaired) electrons. The molecule has 1 aromatic rings. The van der Waals surface area contributed by atoms with Crippen molar-refractivity contribution in [1.29, 1.82) is 0 Å². The Kier molecular flexibility index (Phi) is 5.93. The number of sulfonamides is 1. The Morgan fingerprint density at radius 3 is 2.44 bits per heavy atom. The molecule has 0 aromatic heterocycles. The summed E-state index contributed by atoms with van der Waals surface area (Å²) < 4.78 is 27.6. The first kappa shape index (κ1) is 20.3. The molecule has 7 heteroatoms. The number of fused-ring (bicyclic) bond motifs is 1. The molecule has 1 saturated heterocycles. The van der Waals surface area contributed by atoms with Gasteiger partial charge in [-0.15, -0.1) is 0 Å². The number of benzene rings is 1. The molecule has 1 fully saturated rings. The van der Waals surface area contributed by atoms with Crippen LogP contribution in [0.3, 0.4) is 0 Å². The van der Waals surface area contributed by atoms with E-state index in [0.29, 0.717) is 37.4 Å². The summed E-state index contributed by atoms with van der Waals surface area (Å²) in [5.74, 6) is -0.193. The van der Waals surface area contributed by atoms with Crippen LogP contribution in [0.4, 0.5) is 0 Å². The first-order chi connectivity index (χ1) is 12.7. The van der Waals surface area contributed by atoms with Crippen LogP contribution in [0.1, 0.15) is 50.7 Å². The smallest absolute Gasteiger partial charge is 0.243 e. The minimum atomic E-state index is -3.50. The minimum Gasteiger partial charge on any atom is -0.350 e. The number of aryl methyl sites for hydroxylation is 2. The number of hydrogen-bond donors (Lipinski definition) is 2. The van der Waals surface area contributed by atoms with Crippen molar-refractivity contribution in [3.8, 4) is 0 Å². The van der Waals surface area contributed by atoms with E-state index in [1.54, 1.807) is 6.07 Å². The minimum absolute atomic E-state index is 0.0312. The normalized spacial score (nSPS) is 19.5. The lowest BCUT2D eigenvalue weighted by Gasteiger charge is -2.33. The molecule has 0 spiro atoms. The van der Waals surface area contributed by atoms with E-state index in [1.807, 2.05) is 26.0 Å². The first-order valence-electron chi connectivity index (χ1n) is 9.87. The Labute approximate surface area is 162 Å². The fourth-order valence-electron chi connectivity index (χ4n) is 3.86. The Morgan fingerprint density at radius 2 is 1.81 bits per heavy atom. The number of carbonyl (C=O) groups excluding carboxylic acids is 1. The average molecular weight is 394 g/mol. The van der Waals surface area contributed by atoms with Crippen molar-refractivity contribution in [1.82, 2.24) is 9.62 Å². The molecule has 0 unspecified atom stereocenters. The molecule has 1 aliphatic heterocycles. The van der Waals surface area contributed by atoms with E-state index in [2.05, 4.69) is 5.32 Å². The quantitative estimate of drug-likeness (QED) is 0.798. The number of nitrogens with one attached hydrogen (secondary N) is 1. The van der Waals surface area contributed by atoms with Gasteiger partial charge >= 0.3 is 0 Å². The van der Waals surface area contributed by atoms with Crippen molar-refractivity contribution in [3.05, 3.63) is 29.3 Å². The Hall–Kier alpha value is -1.44. The molecule has 3 rings (SSSR count). The van der Waals surface area contributed by atoms with Gasteiger partial charge in [0.2, 0.25) is 15.9 Å². The van der Waals surface area contributed by atoms with Crippen molar-refractivity contribution in [2.24, 2.45) is 11.7 Å². The van der Waals surface area contributed by atoms with Gasteiger partial charge in [-0.25, -0.2) is 8.42 Å². The van der Waals surface area contributed by atoms with Gasteiger partial charge in [0.15, 0.2) is 0 Å². The third kappa shape index (κ3) is 4.52. The lowest BCUT2D eigenvalue weighted by Crippen LogP contribution is -2.52. The molecule has 150 valence electrons. The lowest BCUT2D eigenvalue weighted by atomic mass is 9.92. The highest BCUT2D eigenvalue weighted by atomic mass is 32.2. The summed E-state index contributed by atoms with van der Waals surface area (Å²) in [6, 6.07) is 5.56. The number of rotatable bonds is 5. The molecular formula is C20H31N3O3S. The number of nitrogens with two attached hydrogens (primary N) is 1. The van der Waals surface area contributed by atoms with Gasteiger partial charge < -0.3 is 11.1 Å². The van der Waals surface area contributed by atoms with Crippen LogP contribution in [0.2, 0.25) is 0 Å². The van der Waals surface area contributed by atoms with Crippen LogP contribution in [-0.4, -0.2) is 43.8 Å². The molecule has 0 saturated carbocycles. The van der Waals surface area contributed by atoms with E-state index >= 15 is 0 Å². The van der Waals surface area contributed by atoms with Crippen molar-refractivity contribution in [3.63, 3.8) is 0 Å². The van der Waals surface area contributed by atoms with E-state index in [0.717, 1.165) is 19.3 Å². The molecule has 6 nitrogen and oxygen atoms in total. The van der Waals surface area contributed by atoms with Crippen molar-refractivity contribution in [2.45, 2.75) is 62.8 Å². The van der Waals surface area contributed by atoms with Gasteiger partial charge in [0.25, 0.3) is 0 Å². The number of piperidine rings is 1. The largest absolute Gasteiger partial charge is 0.350 e. The van der Waals surface area contributed by atoms with Crippen LogP contribution >= 0.6 is 0 Å². The third-order valence-electron chi connectivity index (χ3n) is 5.75. The van der Waals surface area contributed by atoms with E-state index in [-0.39, 0.29) is 11.8 Å². The molecule has 2 aliphatic rings. The van der Waals surface area contributed by atoms with E-state index in [4.69, 9.17) is 5.73 Å². The molecule has 1 aromatic carbocycles. The Balaban J connectivity index is 1.65. The Morgan fingerprint density at radius 1 is 1.19 bits per heavy atom. The van der Waals surface area contributed by atoms with Crippen molar-refractivity contribution < 1.29 is 13.2 Å². The zero-order valence-corrected chi connectivity index (χ0v) is 17.1. The van der Waals surface area contributed by atoms with Gasteiger partial charge in [-0.3, -0.25) is 4.79 Å². The highest BCUT2D eigenvalue weighted by Gasteiger charge is 2.33. The fraction of sp³-hybridized carbons (Fsp3) is 0.650. The summed E-state index contributed by atoms with van der Waals surface area (Å²) in [7, 11) is -3.50. The number of hydrogen-bond acceptors (Lipinski definition) is 4. The average Bonchev–Trinajstić information content (AvgIpc) is 2.67. The van der Waals surface area contributed by atoms with Crippen molar-refractivity contribution >= 4 is 15.9 Å². The SMILES string of the molecule is CC(C)(CN)NC(=O)C1CCN(S(=O)(=O)c2ccc3c(c2)CCCC3)CC1. The standard InChI is InChI=1S/C20H31N3O3S/c1-20(2,14-21)22-19(24)16-9-11-23(12-10-16)27(25,26)18-8-7-15-5-3-4-6-17(15)13-18/h7-8,13,16H,3-6,9-12,14,21H2,1-2H3,(H,22,24). The van der Waals surface area contributed by atoms with Gasteiger partial charge in [-0.05, 0) is 75.6 Å². The van der Waals surface area contributed by atoms with E-state index in [9.17, 15) is 13.2 Å².